The van der Waals surface area contributed by atoms with Crippen LogP contribution in [0.5, 0.6) is 5.75 Å². The van der Waals surface area contributed by atoms with Crippen molar-refractivity contribution in [1.29, 1.82) is 0 Å². The van der Waals surface area contributed by atoms with Gasteiger partial charge in [0.05, 0.1) is 6.10 Å². The van der Waals surface area contributed by atoms with Crippen LogP contribution in [0.15, 0.2) is 55.0 Å². The molecule has 0 unspecified atom stereocenters. The van der Waals surface area contributed by atoms with Crippen LogP contribution >= 0.6 is 11.6 Å². The highest BCUT2D eigenvalue weighted by molar-refractivity contribution is 6.32. The molecule has 0 amide bonds. The van der Waals surface area contributed by atoms with Crippen LogP contribution in [0.4, 0.5) is 5.95 Å². The van der Waals surface area contributed by atoms with Crippen LogP contribution in [0.25, 0.3) is 11.1 Å². The third-order valence-corrected chi connectivity index (χ3v) is 4.73. The SMILES string of the molecule is CNc1ncc(-c2ccc(O[C@@H](C)[C@H](O)CCc3cccnc3)cc2)c(Cl)n1. The van der Waals surface area contributed by atoms with Crippen molar-refractivity contribution in [3.8, 4) is 16.9 Å². The highest BCUT2D eigenvalue weighted by atomic mass is 35.5. The number of anilines is 1. The fourth-order valence-corrected chi connectivity index (χ4v) is 3.01. The van der Waals surface area contributed by atoms with Crippen LogP contribution < -0.4 is 10.1 Å². The largest absolute Gasteiger partial charge is 0.488 e. The van der Waals surface area contributed by atoms with Gasteiger partial charge < -0.3 is 15.2 Å². The van der Waals surface area contributed by atoms with E-state index in [1.807, 2.05) is 49.5 Å². The maximum Gasteiger partial charge on any atom is 0.223 e. The summed E-state index contributed by atoms with van der Waals surface area (Å²) in [6.07, 6.45) is 5.69. The molecule has 0 radical (unpaired) electrons. The summed E-state index contributed by atoms with van der Waals surface area (Å²) >= 11 is 6.23. The molecule has 0 bridgehead atoms. The first kappa shape index (κ1) is 20.0. The second kappa shape index (κ2) is 9.48. The van der Waals surface area contributed by atoms with Crippen molar-refractivity contribution in [3.63, 3.8) is 0 Å². The van der Waals surface area contributed by atoms with E-state index in [0.717, 1.165) is 23.1 Å². The van der Waals surface area contributed by atoms with Gasteiger partial charge in [-0.2, -0.15) is 0 Å². The molecule has 2 heterocycles. The quantitative estimate of drug-likeness (QED) is 0.558. The molecule has 0 spiro atoms. The summed E-state index contributed by atoms with van der Waals surface area (Å²) in [6, 6.07) is 11.4. The monoisotopic (exact) mass is 398 g/mol. The minimum absolute atomic E-state index is 0.329. The maximum absolute atomic E-state index is 10.4. The van der Waals surface area contributed by atoms with Gasteiger partial charge in [-0.25, -0.2) is 9.97 Å². The molecule has 28 heavy (non-hydrogen) atoms. The average molecular weight is 399 g/mol. The smallest absolute Gasteiger partial charge is 0.223 e. The highest BCUT2D eigenvalue weighted by Gasteiger charge is 2.16. The Morgan fingerprint density at radius 2 is 1.96 bits per heavy atom. The lowest BCUT2D eigenvalue weighted by atomic mass is 10.1. The van der Waals surface area contributed by atoms with Crippen molar-refractivity contribution >= 4 is 17.5 Å². The van der Waals surface area contributed by atoms with Gasteiger partial charge in [-0.05, 0) is 49.1 Å². The van der Waals surface area contributed by atoms with Gasteiger partial charge in [-0.3, -0.25) is 4.98 Å². The average Bonchev–Trinajstić information content (AvgIpc) is 2.73. The van der Waals surface area contributed by atoms with E-state index in [1.165, 1.54) is 0 Å². The number of aliphatic hydroxyl groups excluding tert-OH is 1. The first-order chi connectivity index (χ1) is 13.6. The predicted molar refractivity (Wildman–Crippen MR) is 111 cm³/mol. The Bertz CT molecular complexity index is 891. The van der Waals surface area contributed by atoms with Crippen molar-refractivity contribution in [1.82, 2.24) is 15.0 Å². The third-order valence-electron chi connectivity index (χ3n) is 4.45. The normalized spacial score (nSPS) is 13.0. The topological polar surface area (TPSA) is 80.2 Å². The number of rotatable bonds is 8. The van der Waals surface area contributed by atoms with Gasteiger partial charge >= 0.3 is 0 Å². The molecule has 1 aromatic carbocycles. The van der Waals surface area contributed by atoms with Crippen LogP contribution in [0.3, 0.4) is 0 Å². The maximum atomic E-state index is 10.4. The Balaban J connectivity index is 1.59. The molecule has 0 aliphatic carbocycles. The van der Waals surface area contributed by atoms with E-state index in [0.29, 0.717) is 23.3 Å². The van der Waals surface area contributed by atoms with Crippen LogP contribution in [0.2, 0.25) is 5.15 Å². The lowest BCUT2D eigenvalue weighted by Gasteiger charge is -2.20. The zero-order valence-electron chi connectivity index (χ0n) is 15.8. The standard InChI is InChI=1S/C21H23ClN4O2/c1-14(19(27)10-5-15-4-3-11-24-12-15)28-17-8-6-16(7-9-17)18-13-25-21(23-2)26-20(18)22/h3-4,6-9,11-14,19,27H,5,10H2,1-2H3,(H,23,25,26)/t14-,19+/m0/s1. The minimum Gasteiger partial charge on any atom is -0.488 e. The molecule has 2 aromatic heterocycles. The first-order valence-electron chi connectivity index (χ1n) is 9.11. The third kappa shape index (κ3) is 5.18. The summed E-state index contributed by atoms with van der Waals surface area (Å²) in [5.74, 6) is 1.16. The van der Waals surface area contributed by atoms with Crippen LogP contribution in [-0.2, 0) is 6.42 Å². The van der Waals surface area contributed by atoms with E-state index in [-0.39, 0.29) is 6.10 Å². The number of halogens is 1. The van der Waals surface area contributed by atoms with Gasteiger partial charge in [0.2, 0.25) is 5.95 Å². The number of ether oxygens (including phenoxy) is 1. The van der Waals surface area contributed by atoms with Gasteiger partial charge in [0, 0.05) is 31.2 Å². The lowest BCUT2D eigenvalue weighted by Crippen LogP contribution is -2.29. The Labute approximate surface area is 169 Å². The van der Waals surface area contributed by atoms with Gasteiger partial charge in [0.25, 0.3) is 0 Å². The number of pyridine rings is 1. The van der Waals surface area contributed by atoms with Crippen LogP contribution in [0, 0.1) is 0 Å². The van der Waals surface area contributed by atoms with Gasteiger partial charge in [-0.1, -0.05) is 29.8 Å². The molecule has 3 aromatic rings. The number of benzene rings is 1. The number of hydrogen-bond donors (Lipinski definition) is 2. The van der Waals surface area contributed by atoms with Gasteiger partial charge in [0.1, 0.15) is 17.0 Å². The number of aryl methyl sites for hydroxylation is 1. The summed E-state index contributed by atoms with van der Waals surface area (Å²) in [4.78, 5) is 12.5. The molecule has 0 fully saturated rings. The Morgan fingerprint density at radius 1 is 1.18 bits per heavy atom. The van der Waals surface area contributed by atoms with E-state index in [1.54, 1.807) is 19.4 Å². The van der Waals surface area contributed by atoms with E-state index in [9.17, 15) is 5.11 Å². The molecule has 0 aliphatic rings. The van der Waals surface area contributed by atoms with Gasteiger partial charge in [-0.15, -0.1) is 0 Å². The zero-order valence-corrected chi connectivity index (χ0v) is 16.6. The van der Waals surface area contributed by atoms with E-state index in [4.69, 9.17) is 16.3 Å². The fourth-order valence-electron chi connectivity index (χ4n) is 2.78. The van der Waals surface area contributed by atoms with Crippen LogP contribution in [-0.4, -0.2) is 39.3 Å². The Hall–Kier alpha value is -2.70. The molecule has 2 N–H and O–H groups in total. The number of nitrogens with one attached hydrogen (secondary N) is 1. The van der Waals surface area contributed by atoms with Crippen LogP contribution in [0.1, 0.15) is 18.9 Å². The summed E-state index contributed by atoms with van der Waals surface area (Å²) in [5.41, 5.74) is 2.74. The molecular weight excluding hydrogens is 376 g/mol. The van der Waals surface area contributed by atoms with Crippen molar-refractivity contribution in [2.24, 2.45) is 0 Å². The Kier molecular flexibility index (Phi) is 6.79. The summed E-state index contributed by atoms with van der Waals surface area (Å²) in [5, 5.41) is 13.6. The molecule has 7 heteroatoms. The molecule has 0 aliphatic heterocycles. The van der Waals surface area contributed by atoms with Crippen molar-refractivity contribution in [2.75, 3.05) is 12.4 Å². The van der Waals surface area contributed by atoms with Crippen molar-refractivity contribution in [3.05, 3.63) is 65.7 Å². The van der Waals surface area contributed by atoms with Crippen molar-refractivity contribution < 1.29 is 9.84 Å². The number of hydrogen-bond acceptors (Lipinski definition) is 6. The second-order valence-electron chi connectivity index (χ2n) is 6.46. The van der Waals surface area contributed by atoms with Crippen molar-refractivity contribution in [2.45, 2.75) is 32.0 Å². The second-order valence-corrected chi connectivity index (χ2v) is 6.82. The highest BCUT2D eigenvalue weighted by Crippen LogP contribution is 2.28. The molecule has 146 valence electrons. The summed E-state index contributed by atoms with van der Waals surface area (Å²) in [7, 11) is 1.74. The predicted octanol–water partition coefficient (Wildman–Crippen LogP) is 3.99. The number of aromatic nitrogens is 3. The van der Waals surface area contributed by atoms with Gasteiger partial charge in [0.15, 0.2) is 0 Å². The van der Waals surface area contributed by atoms with E-state index in [2.05, 4.69) is 20.3 Å². The zero-order chi connectivity index (χ0) is 19.9. The Morgan fingerprint density at radius 3 is 2.61 bits per heavy atom. The molecule has 3 rings (SSSR count). The summed E-state index contributed by atoms with van der Waals surface area (Å²) < 4.78 is 5.88. The molecule has 0 saturated heterocycles. The minimum atomic E-state index is -0.572. The first-order valence-corrected chi connectivity index (χ1v) is 9.49. The molecular formula is C21H23ClN4O2. The molecule has 2 atom stereocenters. The molecule has 0 saturated carbocycles. The molecule has 6 nitrogen and oxygen atoms in total. The summed E-state index contributed by atoms with van der Waals surface area (Å²) in [6.45, 7) is 1.86. The van der Waals surface area contributed by atoms with E-state index >= 15 is 0 Å². The number of nitrogens with zero attached hydrogens (tertiary/aromatic N) is 3. The number of aliphatic hydroxyl groups is 1. The van der Waals surface area contributed by atoms with E-state index < -0.39 is 6.10 Å². The lowest BCUT2D eigenvalue weighted by molar-refractivity contribution is 0.0420. The fraction of sp³-hybridized carbons (Fsp3) is 0.286.